The summed E-state index contributed by atoms with van der Waals surface area (Å²) in [6.07, 6.45) is 0. The van der Waals surface area contributed by atoms with Crippen molar-refractivity contribution in [1.29, 1.82) is 0 Å². The fourth-order valence-electron chi connectivity index (χ4n) is 2.58. The summed E-state index contributed by atoms with van der Waals surface area (Å²) < 4.78 is 1.71. The molecule has 3 rings (SSSR count). The minimum atomic E-state index is -0.545. The third-order valence-corrected chi connectivity index (χ3v) is 4.62. The summed E-state index contributed by atoms with van der Waals surface area (Å²) >= 11 is 11.1. The molecule has 0 unspecified atom stereocenters. The van der Waals surface area contributed by atoms with Crippen molar-refractivity contribution < 1.29 is 9.59 Å². The molecular formula is C18H15ClN4O3S. The van der Waals surface area contributed by atoms with Crippen LogP contribution in [0.2, 0.25) is 5.02 Å². The Labute approximate surface area is 163 Å². The highest BCUT2D eigenvalue weighted by Crippen LogP contribution is 2.14. The Balaban J connectivity index is 1.82. The molecular weight excluding hydrogens is 388 g/mol. The van der Waals surface area contributed by atoms with Gasteiger partial charge in [0.25, 0.3) is 17.4 Å². The van der Waals surface area contributed by atoms with E-state index in [2.05, 4.69) is 15.8 Å². The lowest BCUT2D eigenvalue weighted by molar-refractivity contribution is 0.0847. The summed E-state index contributed by atoms with van der Waals surface area (Å²) in [6, 6.07) is 11.0. The van der Waals surface area contributed by atoms with Gasteiger partial charge in [0.05, 0.1) is 21.5 Å². The molecule has 0 aliphatic rings. The Morgan fingerprint density at radius 3 is 2.56 bits per heavy atom. The average Bonchev–Trinajstić information content (AvgIpc) is 2.66. The molecule has 0 bridgehead atoms. The maximum atomic E-state index is 12.4. The number of H-pyrrole nitrogens is 1. The maximum Gasteiger partial charge on any atom is 0.271 e. The smallest absolute Gasteiger partial charge is 0.271 e. The number of nitrogens with zero attached hydrogens (tertiary/aromatic N) is 1. The van der Waals surface area contributed by atoms with Gasteiger partial charge in [-0.1, -0.05) is 23.7 Å². The number of hydrogen-bond donors (Lipinski definition) is 3. The number of hydrazine groups is 1. The number of amides is 2. The van der Waals surface area contributed by atoms with Gasteiger partial charge in [0.15, 0.2) is 4.77 Å². The number of aromatic nitrogens is 2. The minimum absolute atomic E-state index is 0.227. The minimum Gasteiger partial charge on any atom is -0.332 e. The third-order valence-electron chi connectivity index (χ3n) is 3.97. The van der Waals surface area contributed by atoms with Gasteiger partial charge in [-0.05, 0) is 49.5 Å². The van der Waals surface area contributed by atoms with Gasteiger partial charge in [0, 0.05) is 12.1 Å². The second-order valence-electron chi connectivity index (χ2n) is 5.63. The van der Waals surface area contributed by atoms with Crippen molar-refractivity contribution in [2.75, 3.05) is 0 Å². The van der Waals surface area contributed by atoms with Gasteiger partial charge in [0.1, 0.15) is 0 Å². The fourth-order valence-corrected chi connectivity index (χ4v) is 3.12. The number of halogens is 1. The molecule has 2 aromatic carbocycles. The first-order chi connectivity index (χ1) is 12.9. The summed E-state index contributed by atoms with van der Waals surface area (Å²) in [5, 5.41) is 0.692. The van der Waals surface area contributed by atoms with E-state index in [1.165, 1.54) is 16.7 Å². The molecule has 0 aliphatic carbocycles. The quantitative estimate of drug-likeness (QED) is 0.463. The van der Waals surface area contributed by atoms with E-state index in [9.17, 15) is 14.4 Å². The predicted octanol–water partition coefficient (Wildman–Crippen LogP) is 2.81. The molecule has 3 aromatic rings. The van der Waals surface area contributed by atoms with Crippen molar-refractivity contribution in [2.24, 2.45) is 0 Å². The van der Waals surface area contributed by atoms with Crippen LogP contribution in [0.5, 0.6) is 0 Å². The van der Waals surface area contributed by atoms with Crippen LogP contribution in [-0.4, -0.2) is 21.4 Å². The highest BCUT2D eigenvalue weighted by atomic mass is 35.5. The molecule has 0 saturated heterocycles. The van der Waals surface area contributed by atoms with Gasteiger partial charge in [-0.15, -0.1) is 0 Å². The van der Waals surface area contributed by atoms with E-state index in [-0.39, 0.29) is 26.5 Å². The molecule has 0 saturated carbocycles. The molecule has 9 heteroatoms. The van der Waals surface area contributed by atoms with Gasteiger partial charge in [-0.25, -0.2) is 0 Å². The van der Waals surface area contributed by atoms with Crippen LogP contribution in [0.1, 0.15) is 27.6 Å². The van der Waals surface area contributed by atoms with Crippen molar-refractivity contribution in [2.45, 2.75) is 13.5 Å². The normalized spacial score (nSPS) is 10.6. The van der Waals surface area contributed by atoms with Crippen molar-refractivity contribution in [3.63, 3.8) is 0 Å². The standard InChI is InChI=1S/C18H15ClN4O3S/c1-2-23-17(26)12-8-7-10(9-14(12)20-18(23)27)15(24)21-22-16(25)11-5-3-4-6-13(11)19/h3-9H,2H2,1H3,(H,20,27)(H,21,24)(H,22,25). The van der Waals surface area contributed by atoms with Crippen molar-refractivity contribution in [3.05, 3.63) is 73.7 Å². The lowest BCUT2D eigenvalue weighted by atomic mass is 10.1. The lowest BCUT2D eigenvalue weighted by Gasteiger charge is -2.10. The molecule has 0 radical (unpaired) electrons. The molecule has 1 aromatic heterocycles. The summed E-state index contributed by atoms with van der Waals surface area (Å²) in [6.45, 7) is 2.26. The van der Waals surface area contributed by atoms with E-state index >= 15 is 0 Å². The topological polar surface area (TPSA) is 96.0 Å². The van der Waals surface area contributed by atoms with Gasteiger partial charge >= 0.3 is 0 Å². The zero-order valence-electron chi connectivity index (χ0n) is 14.2. The van der Waals surface area contributed by atoms with Crippen LogP contribution >= 0.6 is 23.8 Å². The van der Waals surface area contributed by atoms with Gasteiger partial charge in [0.2, 0.25) is 0 Å². The van der Waals surface area contributed by atoms with E-state index < -0.39 is 11.8 Å². The van der Waals surface area contributed by atoms with Crippen LogP contribution in [-0.2, 0) is 6.54 Å². The first kappa shape index (κ1) is 18.8. The zero-order chi connectivity index (χ0) is 19.6. The summed E-state index contributed by atoms with van der Waals surface area (Å²) in [4.78, 5) is 39.7. The van der Waals surface area contributed by atoms with Crippen LogP contribution in [0.4, 0.5) is 0 Å². The van der Waals surface area contributed by atoms with E-state index in [4.69, 9.17) is 23.8 Å². The van der Waals surface area contributed by atoms with Crippen molar-refractivity contribution in [3.8, 4) is 0 Å². The highest BCUT2D eigenvalue weighted by Gasteiger charge is 2.13. The second-order valence-corrected chi connectivity index (χ2v) is 6.42. The van der Waals surface area contributed by atoms with Crippen molar-refractivity contribution in [1.82, 2.24) is 20.4 Å². The number of benzene rings is 2. The zero-order valence-corrected chi connectivity index (χ0v) is 15.8. The Bertz CT molecular complexity index is 1170. The number of aromatic amines is 1. The van der Waals surface area contributed by atoms with Crippen LogP contribution in [0.25, 0.3) is 10.9 Å². The Hall–Kier alpha value is -2.97. The van der Waals surface area contributed by atoms with Gasteiger partial charge in [-0.3, -0.25) is 29.8 Å². The monoisotopic (exact) mass is 402 g/mol. The SMILES string of the molecule is CCn1c(=S)[nH]c2cc(C(=O)NNC(=O)c3ccccc3Cl)ccc2c1=O. The van der Waals surface area contributed by atoms with E-state index in [1.807, 2.05) is 6.92 Å². The fraction of sp³-hybridized carbons (Fsp3) is 0.111. The van der Waals surface area contributed by atoms with Crippen LogP contribution < -0.4 is 16.4 Å². The largest absolute Gasteiger partial charge is 0.332 e. The summed E-state index contributed by atoms with van der Waals surface area (Å²) in [5.74, 6) is -1.09. The molecule has 3 N–H and O–H groups in total. The molecule has 27 heavy (non-hydrogen) atoms. The predicted molar refractivity (Wildman–Crippen MR) is 105 cm³/mol. The summed E-state index contributed by atoms with van der Waals surface area (Å²) in [7, 11) is 0. The molecule has 7 nitrogen and oxygen atoms in total. The molecule has 0 fully saturated rings. The Kier molecular flexibility index (Phi) is 5.38. The summed E-state index contributed by atoms with van der Waals surface area (Å²) in [5.41, 5.74) is 5.33. The van der Waals surface area contributed by atoms with Crippen LogP contribution in [0.3, 0.4) is 0 Å². The van der Waals surface area contributed by atoms with Crippen LogP contribution in [0.15, 0.2) is 47.3 Å². The average molecular weight is 403 g/mol. The molecule has 138 valence electrons. The molecule has 2 amide bonds. The maximum absolute atomic E-state index is 12.4. The van der Waals surface area contributed by atoms with E-state index in [0.29, 0.717) is 17.4 Å². The number of nitrogens with one attached hydrogen (secondary N) is 3. The first-order valence-electron chi connectivity index (χ1n) is 8.04. The Morgan fingerprint density at radius 2 is 1.85 bits per heavy atom. The number of fused-ring (bicyclic) bond motifs is 1. The Morgan fingerprint density at radius 1 is 1.15 bits per heavy atom. The molecule has 0 aliphatic heterocycles. The number of hydrogen-bond acceptors (Lipinski definition) is 4. The second kappa shape index (κ2) is 7.73. The highest BCUT2D eigenvalue weighted by molar-refractivity contribution is 7.71. The van der Waals surface area contributed by atoms with E-state index in [0.717, 1.165) is 0 Å². The van der Waals surface area contributed by atoms with Gasteiger partial charge in [-0.2, -0.15) is 0 Å². The lowest BCUT2D eigenvalue weighted by Crippen LogP contribution is -2.41. The molecule has 0 atom stereocenters. The van der Waals surface area contributed by atoms with Crippen LogP contribution in [0, 0.1) is 4.77 Å². The first-order valence-corrected chi connectivity index (χ1v) is 8.83. The molecule has 0 spiro atoms. The number of carbonyl (C=O) groups is 2. The van der Waals surface area contributed by atoms with Crippen molar-refractivity contribution >= 4 is 46.5 Å². The van der Waals surface area contributed by atoms with E-state index in [1.54, 1.807) is 30.3 Å². The third kappa shape index (κ3) is 3.76. The van der Waals surface area contributed by atoms with Gasteiger partial charge < -0.3 is 4.98 Å². The number of rotatable bonds is 3. The number of carbonyl (C=O) groups excluding carboxylic acids is 2. The molecule has 1 heterocycles.